The first-order valence-electron chi connectivity index (χ1n) is 3.34. The summed E-state index contributed by atoms with van der Waals surface area (Å²) in [6, 6.07) is 2.99. The Balaban J connectivity index is 2.89. The van der Waals surface area contributed by atoms with E-state index in [1.54, 1.807) is 0 Å². The summed E-state index contributed by atoms with van der Waals surface area (Å²) in [6.07, 6.45) is -4.88. The molecular formula is C7H4BrF4NO. The molecule has 1 N–H and O–H groups in total. The lowest BCUT2D eigenvalue weighted by Crippen LogP contribution is -2.17. The molecule has 0 aliphatic carbocycles. The zero-order chi connectivity index (χ0) is 10.8. The topological polar surface area (TPSA) is 21.3 Å². The molecule has 78 valence electrons. The fourth-order valence-electron chi connectivity index (χ4n) is 0.767. The quantitative estimate of drug-likeness (QED) is 0.658. The van der Waals surface area contributed by atoms with Crippen LogP contribution in [0.4, 0.5) is 23.2 Å². The second kappa shape index (κ2) is 4.04. The Hall–Kier alpha value is -0.980. The Labute approximate surface area is 85.2 Å². The molecule has 0 atom stereocenters. The molecule has 0 saturated heterocycles. The minimum Gasteiger partial charge on any atom is -0.403 e. The lowest BCUT2D eigenvalue weighted by molar-refractivity contribution is -0.275. The maximum Gasteiger partial charge on any atom is 0.573 e. The Bertz CT molecular complexity index is 328. The average molecular weight is 274 g/mol. The molecule has 1 aromatic carbocycles. The van der Waals surface area contributed by atoms with E-state index in [9.17, 15) is 17.6 Å². The minimum absolute atomic E-state index is 0.289. The van der Waals surface area contributed by atoms with Gasteiger partial charge in [-0.1, -0.05) is 0 Å². The molecular weight excluding hydrogens is 270 g/mol. The van der Waals surface area contributed by atoms with Crippen LogP contribution in [0, 0.1) is 5.82 Å². The molecule has 1 aromatic rings. The van der Waals surface area contributed by atoms with E-state index in [2.05, 4.69) is 25.2 Å². The first-order valence-corrected chi connectivity index (χ1v) is 4.13. The molecule has 0 heterocycles. The molecule has 7 heteroatoms. The van der Waals surface area contributed by atoms with Gasteiger partial charge in [-0.05, 0) is 12.1 Å². The summed E-state index contributed by atoms with van der Waals surface area (Å²) in [5.41, 5.74) is 0.289. The number of hydrogen-bond acceptors (Lipinski definition) is 2. The molecule has 0 spiro atoms. The molecule has 0 unspecified atom stereocenters. The van der Waals surface area contributed by atoms with Crippen LogP contribution in [-0.4, -0.2) is 6.36 Å². The number of rotatable bonds is 2. The Morgan fingerprint density at radius 3 is 2.36 bits per heavy atom. The normalized spacial score (nSPS) is 11.2. The summed E-state index contributed by atoms with van der Waals surface area (Å²) in [7, 11) is 0. The highest BCUT2D eigenvalue weighted by Gasteiger charge is 2.32. The molecule has 2 nitrogen and oxygen atoms in total. The first-order chi connectivity index (χ1) is 6.42. The van der Waals surface area contributed by atoms with Gasteiger partial charge in [-0.15, -0.1) is 13.2 Å². The van der Waals surface area contributed by atoms with Crippen LogP contribution >= 0.6 is 16.1 Å². The van der Waals surface area contributed by atoms with Crippen molar-refractivity contribution in [3.8, 4) is 5.75 Å². The lowest BCUT2D eigenvalue weighted by atomic mass is 10.3. The Morgan fingerprint density at radius 2 is 1.93 bits per heavy atom. The van der Waals surface area contributed by atoms with Gasteiger partial charge in [0.1, 0.15) is 0 Å². The standard InChI is InChI=1S/C7H4BrF4NO/c8-13-4-1-2-6(5(9)3-4)14-7(10,11)12/h1-3,13H. The van der Waals surface area contributed by atoms with Crippen LogP contribution in [0.1, 0.15) is 0 Å². The van der Waals surface area contributed by atoms with Crippen molar-refractivity contribution in [2.24, 2.45) is 0 Å². The fraction of sp³-hybridized carbons (Fsp3) is 0.143. The fourth-order valence-corrected chi connectivity index (χ4v) is 1.01. The SMILES string of the molecule is Fc1cc(NBr)ccc1OC(F)(F)F. The van der Waals surface area contributed by atoms with Crippen LogP contribution in [0.5, 0.6) is 5.75 Å². The van der Waals surface area contributed by atoms with Gasteiger partial charge in [-0.25, -0.2) is 4.39 Å². The number of alkyl halides is 3. The average Bonchev–Trinajstić information content (AvgIpc) is 2.06. The van der Waals surface area contributed by atoms with E-state index in [0.717, 1.165) is 12.1 Å². The Morgan fingerprint density at radius 1 is 1.29 bits per heavy atom. The second-order valence-electron chi connectivity index (χ2n) is 2.29. The molecule has 0 radical (unpaired) electrons. The monoisotopic (exact) mass is 273 g/mol. The molecule has 0 saturated carbocycles. The molecule has 0 aliphatic rings. The number of anilines is 1. The smallest absolute Gasteiger partial charge is 0.403 e. The van der Waals surface area contributed by atoms with Crippen LogP contribution in [0.3, 0.4) is 0 Å². The van der Waals surface area contributed by atoms with Crippen LogP contribution in [0.2, 0.25) is 0 Å². The highest BCUT2D eigenvalue weighted by atomic mass is 79.9. The van der Waals surface area contributed by atoms with Gasteiger partial charge in [0.25, 0.3) is 0 Å². The third-order valence-electron chi connectivity index (χ3n) is 1.27. The molecule has 0 fully saturated rings. The molecule has 14 heavy (non-hydrogen) atoms. The van der Waals surface area contributed by atoms with Crippen molar-refractivity contribution >= 4 is 21.8 Å². The predicted octanol–water partition coefficient (Wildman–Crippen LogP) is 3.45. The third-order valence-corrected chi connectivity index (χ3v) is 1.72. The zero-order valence-corrected chi connectivity index (χ0v) is 8.12. The lowest BCUT2D eigenvalue weighted by Gasteiger charge is -2.09. The van der Waals surface area contributed by atoms with Crippen molar-refractivity contribution in [2.75, 3.05) is 4.34 Å². The highest BCUT2D eigenvalue weighted by Crippen LogP contribution is 2.27. The second-order valence-corrected chi connectivity index (χ2v) is 2.68. The molecule has 0 aromatic heterocycles. The summed E-state index contributed by atoms with van der Waals surface area (Å²) >= 11 is 2.80. The van der Waals surface area contributed by atoms with Gasteiger partial charge in [-0.2, -0.15) is 0 Å². The minimum atomic E-state index is -4.88. The maximum atomic E-state index is 12.9. The van der Waals surface area contributed by atoms with Crippen LogP contribution < -0.4 is 9.08 Å². The first kappa shape index (κ1) is 11.1. The highest BCUT2D eigenvalue weighted by molar-refractivity contribution is 9.10. The molecule has 0 aliphatic heterocycles. The number of ether oxygens (including phenoxy) is 1. The van der Waals surface area contributed by atoms with E-state index in [1.807, 2.05) is 0 Å². The van der Waals surface area contributed by atoms with Crippen molar-refractivity contribution in [3.63, 3.8) is 0 Å². The van der Waals surface area contributed by atoms with E-state index in [4.69, 9.17) is 0 Å². The third kappa shape index (κ3) is 3.06. The number of benzene rings is 1. The van der Waals surface area contributed by atoms with Crippen molar-refractivity contribution in [2.45, 2.75) is 6.36 Å². The van der Waals surface area contributed by atoms with Gasteiger partial charge in [0, 0.05) is 27.9 Å². The van der Waals surface area contributed by atoms with E-state index in [0.29, 0.717) is 0 Å². The number of nitrogens with one attached hydrogen (secondary N) is 1. The molecule has 0 amide bonds. The van der Waals surface area contributed by atoms with Gasteiger partial charge in [-0.3, -0.25) is 0 Å². The number of halogens is 5. The van der Waals surface area contributed by atoms with E-state index < -0.39 is 17.9 Å². The van der Waals surface area contributed by atoms with E-state index >= 15 is 0 Å². The zero-order valence-electron chi connectivity index (χ0n) is 6.53. The predicted molar refractivity (Wildman–Crippen MR) is 45.6 cm³/mol. The van der Waals surface area contributed by atoms with Crippen molar-refractivity contribution in [3.05, 3.63) is 24.0 Å². The van der Waals surface area contributed by atoms with Gasteiger partial charge in [0.15, 0.2) is 11.6 Å². The van der Waals surface area contributed by atoms with Gasteiger partial charge in [0.2, 0.25) is 0 Å². The largest absolute Gasteiger partial charge is 0.573 e. The van der Waals surface area contributed by atoms with Gasteiger partial charge >= 0.3 is 6.36 Å². The van der Waals surface area contributed by atoms with Gasteiger partial charge < -0.3 is 9.08 Å². The maximum absolute atomic E-state index is 12.9. The summed E-state index contributed by atoms with van der Waals surface area (Å²) in [5, 5.41) is 0. The summed E-state index contributed by atoms with van der Waals surface area (Å²) < 4.78 is 53.8. The summed E-state index contributed by atoms with van der Waals surface area (Å²) in [5.74, 6) is -1.95. The summed E-state index contributed by atoms with van der Waals surface area (Å²) in [4.78, 5) is 0. The van der Waals surface area contributed by atoms with Crippen molar-refractivity contribution in [1.29, 1.82) is 0 Å². The van der Waals surface area contributed by atoms with E-state index in [-0.39, 0.29) is 5.69 Å². The van der Waals surface area contributed by atoms with E-state index in [1.165, 1.54) is 6.07 Å². The van der Waals surface area contributed by atoms with Crippen LogP contribution in [0.15, 0.2) is 18.2 Å². The Kier molecular flexibility index (Phi) is 3.20. The van der Waals surface area contributed by atoms with Gasteiger partial charge in [0.05, 0.1) is 0 Å². The van der Waals surface area contributed by atoms with Crippen molar-refractivity contribution in [1.82, 2.24) is 0 Å². The molecule has 0 bridgehead atoms. The molecule has 1 rings (SSSR count). The summed E-state index contributed by atoms with van der Waals surface area (Å²) in [6.45, 7) is 0. The van der Waals surface area contributed by atoms with Crippen molar-refractivity contribution < 1.29 is 22.3 Å². The number of hydrogen-bond donors (Lipinski definition) is 1. The van der Waals surface area contributed by atoms with Crippen LogP contribution in [-0.2, 0) is 0 Å². The van der Waals surface area contributed by atoms with Crippen LogP contribution in [0.25, 0.3) is 0 Å².